The third-order valence-corrected chi connectivity index (χ3v) is 3.24. The van der Waals surface area contributed by atoms with Crippen LogP contribution in [0.15, 0.2) is 36.7 Å². The largest absolute Gasteiger partial charge is 0.361 e. The lowest BCUT2D eigenvalue weighted by atomic mass is 10.2. The Balaban J connectivity index is 1.83. The van der Waals surface area contributed by atoms with E-state index in [9.17, 15) is 4.79 Å². The Hall–Kier alpha value is -1.97. The van der Waals surface area contributed by atoms with Crippen molar-refractivity contribution in [3.8, 4) is 0 Å². The standard InChI is InChI=1S/C13H15N3O/c1-14-8-9-15(10-14)13(17)16-7-6-11-4-2-3-5-12(11)16/h2-5,8-9H,6-7,10H2,1H3. The highest BCUT2D eigenvalue weighted by molar-refractivity contribution is 5.94. The molecule has 2 aliphatic heterocycles. The smallest absolute Gasteiger partial charge is 0.330 e. The molecule has 0 aliphatic carbocycles. The fourth-order valence-electron chi connectivity index (χ4n) is 2.35. The summed E-state index contributed by atoms with van der Waals surface area (Å²) in [5.41, 5.74) is 2.32. The molecule has 17 heavy (non-hydrogen) atoms. The molecule has 4 heteroatoms. The molecule has 0 saturated carbocycles. The van der Waals surface area contributed by atoms with Gasteiger partial charge in [-0.15, -0.1) is 0 Å². The van der Waals surface area contributed by atoms with E-state index in [2.05, 4.69) is 6.07 Å². The number of carbonyl (C=O) groups is 1. The number of hydrogen-bond donors (Lipinski definition) is 0. The maximum Gasteiger partial charge on any atom is 0.330 e. The molecule has 0 saturated heterocycles. The first-order valence-electron chi connectivity index (χ1n) is 5.80. The van der Waals surface area contributed by atoms with Crippen molar-refractivity contribution in [2.45, 2.75) is 6.42 Å². The summed E-state index contributed by atoms with van der Waals surface area (Å²) in [6.07, 6.45) is 4.71. The Labute approximate surface area is 101 Å². The fourth-order valence-corrected chi connectivity index (χ4v) is 2.35. The van der Waals surface area contributed by atoms with E-state index in [4.69, 9.17) is 0 Å². The summed E-state index contributed by atoms with van der Waals surface area (Å²) in [6, 6.07) is 8.18. The average molecular weight is 229 g/mol. The molecule has 4 nitrogen and oxygen atoms in total. The van der Waals surface area contributed by atoms with E-state index in [1.807, 2.05) is 47.4 Å². The molecule has 0 fully saturated rings. The second kappa shape index (κ2) is 3.80. The predicted molar refractivity (Wildman–Crippen MR) is 66.5 cm³/mol. The minimum Gasteiger partial charge on any atom is -0.361 e. The summed E-state index contributed by atoms with van der Waals surface area (Å²) in [4.78, 5) is 17.9. The molecule has 0 aromatic heterocycles. The Morgan fingerprint density at radius 1 is 1.24 bits per heavy atom. The van der Waals surface area contributed by atoms with Crippen LogP contribution in [0.2, 0.25) is 0 Å². The van der Waals surface area contributed by atoms with E-state index in [1.165, 1.54) is 5.56 Å². The summed E-state index contributed by atoms with van der Waals surface area (Å²) in [5.74, 6) is 0. The monoisotopic (exact) mass is 229 g/mol. The quantitative estimate of drug-likeness (QED) is 0.678. The highest BCUT2D eigenvalue weighted by Crippen LogP contribution is 2.28. The molecule has 0 radical (unpaired) electrons. The van der Waals surface area contributed by atoms with Gasteiger partial charge in [-0.3, -0.25) is 9.80 Å². The van der Waals surface area contributed by atoms with Gasteiger partial charge in [-0.2, -0.15) is 0 Å². The number of fused-ring (bicyclic) bond motifs is 1. The van der Waals surface area contributed by atoms with Crippen molar-refractivity contribution in [1.82, 2.24) is 9.80 Å². The highest BCUT2D eigenvalue weighted by Gasteiger charge is 2.28. The van der Waals surface area contributed by atoms with Crippen molar-refractivity contribution < 1.29 is 4.79 Å². The van der Waals surface area contributed by atoms with E-state index in [1.54, 1.807) is 4.90 Å². The number of amides is 2. The van der Waals surface area contributed by atoms with Crippen LogP contribution in [0.4, 0.5) is 10.5 Å². The van der Waals surface area contributed by atoms with Crippen LogP contribution in [-0.4, -0.2) is 36.1 Å². The maximum atomic E-state index is 12.3. The van der Waals surface area contributed by atoms with Gasteiger partial charge in [0.1, 0.15) is 0 Å². The van der Waals surface area contributed by atoms with Gasteiger partial charge in [-0.05, 0) is 18.1 Å². The molecule has 1 aromatic rings. The van der Waals surface area contributed by atoms with E-state index >= 15 is 0 Å². The number of carbonyl (C=O) groups excluding carboxylic acids is 1. The molecular weight excluding hydrogens is 214 g/mol. The van der Waals surface area contributed by atoms with Crippen molar-refractivity contribution in [2.24, 2.45) is 0 Å². The van der Waals surface area contributed by atoms with Crippen molar-refractivity contribution in [3.05, 3.63) is 42.2 Å². The molecular formula is C13H15N3O. The lowest BCUT2D eigenvalue weighted by molar-refractivity contribution is 0.214. The van der Waals surface area contributed by atoms with Gasteiger partial charge in [-0.25, -0.2) is 4.79 Å². The molecule has 88 valence electrons. The Morgan fingerprint density at radius 2 is 2.06 bits per heavy atom. The summed E-state index contributed by atoms with van der Waals surface area (Å²) in [6.45, 7) is 1.42. The third-order valence-electron chi connectivity index (χ3n) is 3.24. The molecule has 2 heterocycles. The molecule has 2 aliphatic rings. The molecule has 0 bridgehead atoms. The lowest BCUT2D eigenvalue weighted by Gasteiger charge is -2.24. The van der Waals surface area contributed by atoms with Gasteiger partial charge in [0, 0.05) is 31.7 Å². The second-order valence-electron chi connectivity index (χ2n) is 4.48. The van der Waals surface area contributed by atoms with Gasteiger partial charge in [0.25, 0.3) is 0 Å². The first-order valence-corrected chi connectivity index (χ1v) is 5.80. The van der Waals surface area contributed by atoms with Crippen molar-refractivity contribution in [2.75, 3.05) is 25.2 Å². The molecule has 0 spiro atoms. The summed E-state index contributed by atoms with van der Waals surface area (Å²) in [5, 5.41) is 0. The fraction of sp³-hybridized carbons (Fsp3) is 0.308. The Kier molecular flexibility index (Phi) is 2.28. The Morgan fingerprint density at radius 3 is 2.82 bits per heavy atom. The third kappa shape index (κ3) is 1.65. The zero-order valence-corrected chi connectivity index (χ0v) is 9.84. The molecule has 2 amide bonds. The van der Waals surface area contributed by atoms with Crippen LogP contribution in [0.5, 0.6) is 0 Å². The first kappa shape index (κ1) is 10.2. The van der Waals surface area contributed by atoms with E-state index in [0.717, 1.165) is 18.7 Å². The van der Waals surface area contributed by atoms with Crippen molar-refractivity contribution in [1.29, 1.82) is 0 Å². The number of hydrogen-bond acceptors (Lipinski definition) is 2. The number of nitrogens with zero attached hydrogens (tertiary/aromatic N) is 3. The summed E-state index contributed by atoms with van der Waals surface area (Å²) >= 11 is 0. The molecule has 0 N–H and O–H groups in total. The SMILES string of the molecule is CN1C=CN(C(=O)N2CCc3ccccc32)C1. The van der Waals surface area contributed by atoms with Gasteiger partial charge in [0.2, 0.25) is 0 Å². The zero-order chi connectivity index (χ0) is 11.8. The van der Waals surface area contributed by atoms with Crippen molar-refractivity contribution >= 4 is 11.7 Å². The topological polar surface area (TPSA) is 26.8 Å². The van der Waals surface area contributed by atoms with E-state index < -0.39 is 0 Å². The summed E-state index contributed by atoms with van der Waals surface area (Å²) in [7, 11) is 1.96. The number of para-hydroxylation sites is 1. The number of anilines is 1. The number of urea groups is 1. The van der Waals surface area contributed by atoms with E-state index in [0.29, 0.717) is 6.67 Å². The van der Waals surface area contributed by atoms with Crippen LogP contribution in [0.25, 0.3) is 0 Å². The minimum atomic E-state index is 0.0653. The van der Waals surface area contributed by atoms with Gasteiger partial charge in [-0.1, -0.05) is 18.2 Å². The van der Waals surface area contributed by atoms with Crippen LogP contribution in [0.1, 0.15) is 5.56 Å². The number of rotatable bonds is 0. The minimum absolute atomic E-state index is 0.0653. The van der Waals surface area contributed by atoms with Gasteiger partial charge in [0.15, 0.2) is 0 Å². The van der Waals surface area contributed by atoms with Crippen molar-refractivity contribution in [3.63, 3.8) is 0 Å². The van der Waals surface area contributed by atoms with Gasteiger partial charge in [0.05, 0.1) is 6.67 Å². The van der Waals surface area contributed by atoms with Crippen LogP contribution in [-0.2, 0) is 6.42 Å². The highest BCUT2D eigenvalue weighted by atomic mass is 16.2. The molecule has 0 atom stereocenters. The Bertz CT molecular complexity index is 483. The van der Waals surface area contributed by atoms with E-state index in [-0.39, 0.29) is 6.03 Å². The zero-order valence-electron chi connectivity index (χ0n) is 9.84. The van der Waals surface area contributed by atoms with Gasteiger partial charge < -0.3 is 4.90 Å². The normalized spacial score (nSPS) is 17.8. The predicted octanol–water partition coefficient (Wildman–Crippen LogP) is 1.85. The molecule has 0 unspecified atom stereocenters. The first-order chi connectivity index (χ1) is 8.25. The molecule has 3 rings (SSSR count). The summed E-state index contributed by atoms with van der Waals surface area (Å²) < 4.78 is 0. The van der Waals surface area contributed by atoms with Crippen LogP contribution >= 0.6 is 0 Å². The molecule has 1 aromatic carbocycles. The average Bonchev–Trinajstić information content (AvgIpc) is 2.94. The maximum absolute atomic E-state index is 12.3. The van der Waals surface area contributed by atoms with Gasteiger partial charge >= 0.3 is 6.03 Å². The lowest BCUT2D eigenvalue weighted by Crippen LogP contribution is -2.40. The van der Waals surface area contributed by atoms with Crippen LogP contribution in [0, 0.1) is 0 Å². The number of benzene rings is 1. The second-order valence-corrected chi connectivity index (χ2v) is 4.48. The van der Waals surface area contributed by atoms with Crippen LogP contribution in [0.3, 0.4) is 0 Å². The van der Waals surface area contributed by atoms with Crippen LogP contribution < -0.4 is 4.90 Å².